The summed E-state index contributed by atoms with van der Waals surface area (Å²) in [7, 11) is 0. The molecule has 0 N–H and O–H groups in total. The van der Waals surface area contributed by atoms with Crippen LogP contribution in [0.1, 0.15) is 132 Å². The highest BCUT2D eigenvalue weighted by molar-refractivity contribution is 5.94. The minimum Gasteiger partial charge on any atom is -0.494 e. The van der Waals surface area contributed by atoms with Crippen LogP contribution >= 0.6 is 0 Å². The number of hydrogen-bond acceptors (Lipinski definition) is 10. The summed E-state index contributed by atoms with van der Waals surface area (Å²) < 4.78 is 33.6. The molecule has 0 aliphatic rings. The van der Waals surface area contributed by atoms with E-state index in [0.717, 1.165) is 32.1 Å². The first-order valence-electron chi connectivity index (χ1n) is 21.6. The first kappa shape index (κ1) is 46.4. The summed E-state index contributed by atoms with van der Waals surface area (Å²) in [6.45, 7) is 7.21. The molecule has 0 amide bonds. The molecule has 0 fully saturated rings. The zero-order valence-corrected chi connectivity index (χ0v) is 35.5. The van der Waals surface area contributed by atoms with Crippen molar-refractivity contribution in [3.63, 3.8) is 0 Å². The molecule has 0 radical (unpaired) electrons. The number of allylic oxidation sites excluding steroid dienone is 1. The fourth-order valence-corrected chi connectivity index (χ4v) is 6.32. The van der Waals surface area contributed by atoms with Crippen LogP contribution in [-0.2, 0) is 0 Å². The van der Waals surface area contributed by atoms with Gasteiger partial charge in [-0.25, -0.2) is 19.2 Å². The molecule has 0 saturated carbocycles. The number of benzene rings is 5. The number of carbonyl (C=O) groups is 4. The normalized spacial score (nSPS) is 10.7. The van der Waals surface area contributed by atoms with Gasteiger partial charge in [-0.2, -0.15) is 0 Å². The highest BCUT2D eigenvalue weighted by atomic mass is 16.6. The van der Waals surface area contributed by atoms with Crippen LogP contribution < -0.4 is 28.4 Å². The van der Waals surface area contributed by atoms with Gasteiger partial charge in [-0.05, 0) is 135 Å². The largest absolute Gasteiger partial charge is 0.494 e. The summed E-state index contributed by atoms with van der Waals surface area (Å²) in [5, 5.41) is 0. The van der Waals surface area contributed by atoms with Gasteiger partial charge in [0.15, 0.2) is 0 Å². The van der Waals surface area contributed by atoms with E-state index in [0.29, 0.717) is 35.8 Å². The van der Waals surface area contributed by atoms with Crippen LogP contribution in [0.15, 0.2) is 134 Å². The Labute approximate surface area is 364 Å². The second-order valence-corrected chi connectivity index (χ2v) is 14.8. The Bertz CT molecular complexity index is 2160. The van der Waals surface area contributed by atoms with Crippen molar-refractivity contribution in [2.24, 2.45) is 0 Å². The van der Waals surface area contributed by atoms with Gasteiger partial charge in [0.05, 0.1) is 35.5 Å². The molecular formula is C52H56O10. The number of rotatable bonds is 26. The van der Waals surface area contributed by atoms with Gasteiger partial charge in [-0.15, -0.1) is 6.58 Å². The van der Waals surface area contributed by atoms with Crippen molar-refractivity contribution in [2.75, 3.05) is 13.2 Å². The van der Waals surface area contributed by atoms with Crippen LogP contribution in [0.2, 0.25) is 0 Å². The lowest BCUT2D eigenvalue weighted by Gasteiger charge is -2.09. The fourth-order valence-electron chi connectivity index (χ4n) is 6.32. The summed E-state index contributed by atoms with van der Waals surface area (Å²) in [6, 6.07) is 31.6. The number of esters is 4. The molecule has 10 nitrogen and oxygen atoms in total. The van der Waals surface area contributed by atoms with Crippen molar-refractivity contribution >= 4 is 23.9 Å². The van der Waals surface area contributed by atoms with E-state index >= 15 is 0 Å². The van der Waals surface area contributed by atoms with Gasteiger partial charge >= 0.3 is 23.9 Å². The van der Waals surface area contributed by atoms with Crippen molar-refractivity contribution < 1.29 is 47.6 Å². The molecule has 0 aliphatic heterocycles. The minimum atomic E-state index is -0.664. The van der Waals surface area contributed by atoms with Crippen LogP contribution in [-0.4, -0.2) is 37.1 Å². The maximum atomic E-state index is 12.9. The first-order chi connectivity index (χ1) is 30.3. The average molecular weight is 841 g/mol. The second-order valence-electron chi connectivity index (χ2n) is 14.8. The lowest BCUT2D eigenvalue weighted by molar-refractivity contribution is 0.0723. The third-order valence-corrected chi connectivity index (χ3v) is 9.85. The number of carbonyl (C=O) groups excluding carboxylic acids is 4. The van der Waals surface area contributed by atoms with Crippen LogP contribution in [0.3, 0.4) is 0 Å². The lowest BCUT2D eigenvalue weighted by atomic mass is 10.1. The number of ether oxygens (including phenoxy) is 6. The molecule has 5 aromatic rings. The van der Waals surface area contributed by atoms with Gasteiger partial charge in [0, 0.05) is 6.07 Å². The second kappa shape index (κ2) is 25.8. The van der Waals surface area contributed by atoms with Crippen molar-refractivity contribution in [1.29, 1.82) is 0 Å². The quantitative estimate of drug-likeness (QED) is 0.0230. The fraction of sp³-hybridized carbons (Fsp3) is 0.308. The van der Waals surface area contributed by atoms with Crippen molar-refractivity contribution in [3.8, 4) is 34.5 Å². The average Bonchev–Trinajstić information content (AvgIpc) is 3.29. The van der Waals surface area contributed by atoms with E-state index in [4.69, 9.17) is 28.4 Å². The lowest BCUT2D eigenvalue weighted by Crippen LogP contribution is -2.11. The maximum Gasteiger partial charge on any atom is 0.343 e. The van der Waals surface area contributed by atoms with Crippen molar-refractivity contribution in [2.45, 2.75) is 90.4 Å². The molecule has 0 bridgehead atoms. The molecule has 0 aromatic heterocycles. The number of unbranched alkanes of at least 4 members (excludes halogenated alkanes) is 11. The third-order valence-electron chi connectivity index (χ3n) is 9.85. The molecule has 0 unspecified atom stereocenters. The topological polar surface area (TPSA) is 124 Å². The highest BCUT2D eigenvalue weighted by Crippen LogP contribution is 2.24. The predicted molar refractivity (Wildman–Crippen MR) is 239 cm³/mol. The van der Waals surface area contributed by atoms with E-state index in [1.807, 2.05) is 6.08 Å². The molecule has 324 valence electrons. The van der Waals surface area contributed by atoms with Crippen LogP contribution in [0.5, 0.6) is 34.5 Å². The van der Waals surface area contributed by atoms with Crippen molar-refractivity contribution in [1.82, 2.24) is 0 Å². The Hall–Kier alpha value is -6.68. The van der Waals surface area contributed by atoms with Crippen LogP contribution in [0, 0.1) is 0 Å². The Morgan fingerprint density at radius 1 is 0.403 bits per heavy atom. The van der Waals surface area contributed by atoms with Crippen molar-refractivity contribution in [3.05, 3.63) is 156 Å². The summed E-state index contributed by atoms with van der Waals surface area (Å²) >= 11 is 0. The zero-order valence-electron chi connectivity index (χ0n) is 35.5. The molecule has 0 aliphatic carbocycles. The predicted octanol–water partition coefficient (Wildman–Crippen LogP) is 12.6. The zero-order chi connectivity index (χ0) is 43.8. The third kappa shape index (κ3) is 16.1. The summed E-state index contributed by atoms with van der Waals surface area (Å²) in [6.07, 6.45) is 17.1. The smallest absolute Gasteiger partial charge is 0.343 e. The summed E-state index contributed by atoms with van der Waals surface area (Å²) in [5.74, 6) is -0.217. The molecule has 0 spiro atoms. The first-order valence-corrected chi connectivity index (χ1v) is 21.6. The van der Waals surface area contributed by atoms with E-state index in [-0.39, 0.29) is 34.1 Å². The summed E-state index contributed by atoms with van der Waals surface area (Å²) in [5.41, 5.74) is 1.16. The SMILES string of the molecule is C=CCCCCCCCCOc1ccc(C(=O)Oc2ccc(C(=O)Oc3cccc(OC(=O)c4ccc(OC(=O)c5ccc(OCCCCCCCC)cc5)cc4)c3)cc2)cc1. The monoisotopic (exact) mass is 840 g/mol. The Morgan fingerprint density at radius 3 is 1.10 bits per heavy atom. The van der Waals surface area contributed by atoms with Gasteiger partial charge < -0.3 is 28.4 Å². The van der Waals surface area contributed by atoms with E-state index < -0.39 is 23.9 Å². The molecular weight excluding hydrogens is 785 g/mol. The number of hydrogen-bond donors (Lipinski definition) is 0. The Kier molecular flexibility index (Phi) is 19.3. The van der Waals surface area contributed by atoms with E-state index in [1.54, 1.807) is 66.7 Å². The molecule has 0 saturated heterocycles. The van der Waals surface area contributed by atoms with E-state index in [9.17, 15) is 19.2 Å². The van der Waals surface area contributed by atoms with E-state index in [1.165, 1.54) is 106 Å². The molecule has 5 rings (SSSR count). The Morgan fingerprint density at radius 2 is 0.726 bits per heavy atom. The highest BCUT2D eigenvalue weighted by Gasteiger charge is 2.15. The van der Waals surface area contributed by atoms with Gasteiger partial charge in [-0.3, -0.25) is 0 Å². The molecule has 0 atom stereocenters. The Balaban J connectivity index is 1.02. The van der Waals surface area contributed by atoms with Crippen LogP contribution in [0.25, 0.3) is 0 Å². The van der Waals surface area contributed by atoms with Gasteiger partial charge in [0.2, 0.25) is 0 Å². The molecule has 10 heteroatoms. The van der Waals surface area contributed by atoms with Crippen LogP contribution in [0.4, 0.5) is 0 Å². The summed E-state index contributed by atoms with van der Waals surface area (Å²) in [4.78, 5) is 51.3. The molecule has 0 heterocycles. The van der Waals surface area contributed by atoms with Gasteiger partial charge in [0.25, 0.3) is 0 Å². The molecule has 62 heavy (non-hydrogen) atoms. The minimum absolute atomic E-state index is 0.151. The van der Waals surface area contributed by atoms with Gasteiger partial charge in [0.1, 0.15) is 34.5 Å². The molecule has 5 aromatic carbocycles. The van der Waals surface area contributed by atoms with E-state index in [2.05, 4.69) is 13.5 Å². The van der Waals surface area contributed by atoms with Gasteiger partial charge in [-0.1, -0.05) is 76.9 Å². The maximum absolute atomic E-state index is 12.9. The standard InChI is InChI=1S/C52H56O10/c1-3-5-7-9-11-12-14-16-37-58-44-30-22-40(23-31-44)50(54)60-46-34-26-42(27-35-46)52(56)62-48-19-17-18-47(38-48)61-51(55)41-24-32-45(33-25-41)59-49(53)39-20-28-43(29-21-39)57-36-15-13-10-8-6-4-2/h3,17-35,38H,1,4-16,36-37H2,2H3.